The average Bonchev–Trinajstić information content (AvgIpc) is 3.35. The minimum Gasteiger partial charge on any atom is -0.494 e. The number of fused-ring (bicyclic) bond motifs is 3. The Kier molecular flexibility index (Phi) is 6.30. The smallest absolute Gasteiger partial charge is 0.240 e. The van der Waals surface area contributed by atoms with Gasteiger partial charge in [-0.3, -0.25) is 4.99 Å². The lowest BCUT2D eigenvalue weighted by molar-refractivity contribution is 0.0961. The van der Waals surface area contributed by atoms with E-state index in [-0.39, 0.29) is 37.1 Å². The van der Waals surface area contributed by atoms with Crippen LogP contribution in [-0.4, -0.2) is 61.2 Å². The van der Waals surface area contributed by atoms with E-state index < -0.39 is 10.0 Å². The second-order valence-corrected chi connectivity index (χ2v) is 9.21. The van der Waals surface area contributed by atoms with E-state index in [1.54, 1.807) is 17.6 Å². The monoisotopic (exact) mass is 460 g/mol. The van der Waals surface area contributed by atoms with Gasteiger partial charge in [0.2, 0.25) is 10.0 Å². The van der Waals surface area contributed by atoms with Crippen LogP contribution in [0.5, 0.6) is 5.88 Å². The molecule has 31 heavy (non-hydrogen) atoms. The van der Waals surface area contributed by atoms with Gasteiger partial charge in [-0.05, 0) is 36.4 Å². The molecule has 162 valence electrons. The van der Waals surface area contributed by atoms with Crippen LogP contribution in [0.3, 0.4) is 0 Å². The van der Waals surface area contributed by atoms with Crippen molar-refractivity contribution in [1.29, 1.82) is 0 Å². The molecule has 0 saturated carbocycles. The molecule has 4 rings (SSSR count). The van der Waals surface area contributed by atoms with Crippen LogP contribution in [0, 0.1) is 0 Å². The number of aromatic amines is 1. The number of aliphatic hydroxyl groups is 1. The van der Waals surface area contributed by atoms with Gasteiger partial charge in [0, 0.05) is 18.1 Å². The topological polar surface area (TPSA) is 137 Å². The van der Waals surface area contributed by atoms with E-state index in [9.17, 15) is 13.5 Å². The molecule has 0 fully saturated rings. The zero-order chi connectivity index (χ0) is 21.8. The van der Waals surface area contributed by atoms with Crippen molar-refractivity contribution in [2.45, 2.75) is 4.90 Å². The van der Waals surface area contributed by atoms with Crippen molar-refractivity contribution in [2.24, 2.45) is 4.99 Å². The second kappa shape index (κ2) is 9.12. The predicted molar refractivity (Wildman–Crippen MR) is 120 cm³/mol. The molecular formula is C20H20N4O5S2. The average molecular weight is 461 g/mol. The van der Waals surface area contributed by atoms with Gasteiger partial charge >= 0.3 is 0 Å². The summed E-state index contributed by atoms with van der Waals surface area (Å²) in [4.78, 5) is 11.8. The molecule has 0 aliphatic carbocycles. The van der Waals surface area contributed by atoms with E-state index in [2.05, 4.69) is 19.7 Å². The summed E-state index contributed by atoms with van der Waals surface area (Å²) in [6.07, 6.45) is 1.53. The van der Waals surface area contributed by atoms with Crippen molar-refractivity contribution in [3.63, 3.8) is 0 Å². The van der Waals surface area contributed by atoms with Gasteiger partial charge in [-0.25, -0.2) is 18.1 Å². The molecule has 0 unspecified atom stereocenters. The summed E-state index contributed by atoms with van der Waals surface area (Å²) in [5, 5.41) is 19.7. The van der Waals surface area contributed by atoms with E-state index in [0.717, 1.165) is 21.1 Å². The summed E-state index contributed by atoms with van der Waals surface area (Å²) in [5.74, 6) is -0.00827. The summed E-state index contributed by atoms with van der Waals surface area (Å²) in [5.41, 5.74) is 4.35. The lowest BCUT2D eigenvalue weighted by atomic mass is 10.1. The van der Waals surface area contributed by atoms with E-state index in [0.29, 0.717) is 11.3 Å². The molecule has 0 aliphatic rings. The number of rotatable bonds is 9. The van der Waals surface area contributed by atoms with Gasteiger partial charge in [0.15, 0.2) is 5.88 Å². The van der Waals surface area contributed by atoms with Crippen molar-refractivity contribution in [3.8, 4) is 5.88 Å². The van der Waals surface area contributed by atoms with Gasteiger partial charge in [-0.1, -0.05) is 0 Å². The summed E-state index contributed by atoms with van der Waals surface area (Å²) < 4.78 is 33.1. The molecule has 0 saturated heterocycles. The Labute approximate surface area is 182 Å². The molecular weight excluding hydrogens is 440 g/mol. The van der Waals surface area contributed by atoms with Gasteiger partial charge in [-0.15, -0.1) is 11.3 Å². The molecule has 11 heteroatoms. The largest absolute Gasteiger partial charge is 0.494 e. The molecule has 4 aromatic rings. The molecule has 0 amide bonds. The SMILES string of the molecule is O=S(=O)(NCCOCCO)c1ccc(N=Cc2c(O)[nH]c3ccc4scnc4c23)cc1. The standard InChI is InChI=1S/C20H20N4O5S2/c25-8-10-29-9-7-23-31(27,28)14-3-1-13(2-4-14)21-11-15-18-16(24-20(15)26)5-6-17-19(18)22-12-30-17/h1-6,11-12,23-26H,7-10H2. The minimum atomic E-state index is -3.67. The molecule has 0 bridgehead atoms. The number of aliphatic imine (C=N–C) groups is 1. The van der Waals surface area contributed by atoms with Gasteiger partial charge in [0.1, 0.15) is 0 Å². The predicted octanol–water partition coefficient (Wildman–Crippen LogP) is 2.52. The highest BCUT2D eigenvalue weighted by atomic mass is 32.2. The highest BCUT2D eigenvalue weighted by Crippen LogP contribution is 2.33. The quantitative estimate of drug-likeness (QED) is 0.224. The maximum Gasteiger partial charge on any atom is 0.240 e. The normalized spacial score (nSPS) is 12.4. The maximum atomic E-state index is 12.3. The first-order chi connectivity index (χ1) is 15.0. The third-order valence-corrected chi connectivity index (χ3v) is 6.81. The van der Waals surface area contributed by atoms with Crippen LogP contribution < -0.4 is 4.72 Å². The number of nitrogens with zero attached hydrogens (tertiary/aromatic N) is 2. The zero-order valence-corrected chi connectivity index (χ0v) is 17.9. The highest BCUT2D eigenvalue weighted by molar-refractivity contribution is 7.89. The molecule has 0 atom stereocenters. The number of nitrogens with one attached hydrogen (secondary N) is 2. The highest BCUT2D eigenvalue weighted by Gasteiger charge is 2.15. The van der Waals surface area contributed by atoms with E-state index in [4.69, 9.17) is 9.84 Å². The van der Waals surface area contributed by atoms with E-state index >= 15 is 0 Å². The molecule has 0 spiro atoms. The number of ether oxygens (including phenoxy) is 1. The molecule has 0 radical (unpaired) electrons. The van der Waals surface area contributed by atoms with E-state index in [1.807, 2.05) is 12.1 Å². The molecule has 2 aromatic heterocycles. The fourth-order valence-corrected chi connectivity index (χ4v) is 4.79. The van der Waals surface area contributed by atoms with Crippen molar-refractivity contribution >= 4 is 54.4 Å². The van der Waals surface area contributed by atoms with Crippen LogP contribution in [0.25, 0.3) is 21.1 Å². The first kappa shape index (κ1) is 21.4. The van der Waals surface area contributed by atoms with Gasteiger partial charge in [0.25, 0.3) is 0 Å². The molecule has 2 aromatic carbocycles. The Bertz CT molecular complexity index is 1330. The van der Waals surface area contributed by atoms with Crippen molar-refractivity contribution in [2.75, 3.05) is 26.4 Å². The molecule has 9 nitrogen and oxygen atoms in total. The Morgan fingerprint density at radius 3 is 2.77 bits per heavy atom. The van der Waals surface area contributed by atoms with Crippen LogP contribution in [0.15, 0.2) is 51.8 Å². The number of sulfonamides is 1. The summed E-state index contributed by atoms with van der Waals surface area (Å²) in [6, 6.07) is 9.90. The summed E-state index contributed by atoms with van der Waals surface area (Å²) >= 11 is 1.51. The third kappa shape index (κ3) is 4.60. The number of hydrogen-bond donors (Lipinski definition) is 4. The van der Waals surface area contributed by atoms with Crippen LogP contribution in [0.1, 0.15) is 5.56 Å². The number of aromatic hydroxyl groups is 1. The Morgan fingerprint density at radius 1 is 1.19 bits per heavy atom. The van der Waals surface area contributed by atoms with Crippen molar-refractivity contribution in [1.82, 2.24) is 14.7 Å². The lowest BCUT2D eigenvalue weighted by Crippen LogP contribution is -2.27. The Morgan fingerprint density at radius 2 is 2.00 bits per heavy atom. The number of benzene rings is 2. The van der Waals surface area contributed by atoms with Crippen LogP contribution in [0.4, 0.5) is 5.69 Å². The number of aliphatic hydroxyl groups excluding tert-OH is 1. The van der Waals surface area contributed by atoms with Crippen molar-refractivity contribution < 1.29 is 23.4 Å². The number of H-pyrrole nitrogens is 1. The fourth-order valence-electron chi connectivity index (χ4n) is 3.10. The zero-order valence-electron chi connectivity index (χ0n) is 16.3. The van der Waals surface area contributed by atoms with Crippen LogP contribution in [-0.2, 0) is 14.8 Å². The summed E-state index contributed by atoms with van der Waals surface area (Å²) in [6.45, 7) is 0.323. The molecule has 4 N–H and O–H groups in total. The van der Waals surface area contributed by atoms with E-state index in [1.165, 1.54) is 29.7 Å². The Balaban J connectivity index is 1.52. The van der Waals surface area contributed by atoms with Gasteiger partial charge < -0.3 is 19.9 Å². The Hall–Kier alpha value is -2.83. The third-order valence-electron chi connectivity index (χ3n) is 4.54. The molecule has 0 aliphatic heterocycles. The summed E-state index contributed by atoms with van der Waals surface area (Å²) in [7, 11) is -3.67. The van der Waals surface area contributed by atoms with Gasteiger partial charge in [0.05, 0.1) is 57.2 Å². The molecule has 2 heterocycles. The second-order valence-electron chi connectivity index (χ2n) is 6.56. The van der Waals surface area contributed by atoms with Crippen LogP contribution >= 0.6 is 11.3 Å². The number of aromatic nitrogens is 2. The van der Waals surface area contributed by atoms with Crippen molar-refractivity contribution in [3.05, 3.63) is 47.5 Å². The first-order valence-corrected chi connectivity index (χ1v) is 11.7. The fraction of sp³-hybridized carbons (Fsp3) is 0.200. The first-order valence-electron chi connectivity index (χ1n) is 9.39. The van der Waals surface area contributed by atoms with Crippen LogP contribution in [0.2, 0.25) is 0 Å². The maximum absolute atomic E-state index is 12.3. The lowest BCUT2D eigenvalue weighted by Gasteiger charge is -2.07. The van der Waals surface area contributed by atoms with Gasteiger partial charge in [-0.2, -0.15) is 0 Å². The minimum absolute atomic E-state index is 0.00827. The number of hydrogen-bond acceptors (Lipinski definition) is 8. The number of thiazole rings is 1.